The van der Waals surface area contributed by atoms with Gasteiger partial charge in [-0.1, -0.05) is 36.4 Å². The summed E-state index contributed by atoms with van der Waals surface area (Å²) in [6, 6.07) is 19.5. The second kappa shape index (κ2) is 7.81. The minimum absolute atomic E-state index is 0.164. The summed E-state index contributed by atoms with van der Waals surface area (Å²) in [5.74, 6) is 1.34. The van der Waals surface area contributed by atoms with E-state index in [1.54, 1.807) is 0 Å². The van der Waals surface area contributed by atoms with Crippen molar-refractivity contribution < 1.29 is 9.66 Å². The molecule has 0 saturated carbocycles. The zero-order valence-corrected chi connectivity index (χ0v) is 15.2. The first-order chi connectivity index (χ1) is 14.1. The number of anilines is 1. The molecule has 8 heteroatoms. The standard InChI is InChI=1S/C21H16N4O4/c26-21-16-10-19(25(27)28)18(11-17(16)23-13-24-21)22-12-14-6-4-5-9-20(14)29-15-7-2-1-3-8-15/h1-11,13,22H,12H2,(H,23,24,26). The maximum atomic E-state index is 11.9. The fraction of sp³-hybridized carbons (Fsp3) is 0.0476. The van der Waals surface area contributed by atoms with E-state index in [2.05, 4.69) is 15.3 Å². The van der Waals surface area contributed by atoms with Crippen LogP contribution in [0, 0.1) is 10.1 Å². The van der Waals surface area contributed by atoms with E-state index in [1.165, 1.54) is 18.5 Å². The molecule has 0 amide bonds. The summed E-state index contributed by atoms with van der Waals surface area (Å²) in [6.07, 6.45) is 1.27. The van der Waals surface area contributed by atoms with Gasteiger partial charge in [0, 0.05) is 18.2 Å². The number of aromatic nitrogens is 2. The van der Waals surface area contributed by atoms with Gasteiger partial charge in [0.1, 0.15) is 17.2 Å². The van der Waals surface area contributed by atoms with E-state index >= 15 is 0 Å². The second-order valence-corrected chi connectivity index (χ2v) is 6.25. The van der Waals surface area contributed by atoms with Gasteiger partial charge in [0.2, 0.25) is 0 Å². The number of rotatable bonds is 6. The lowest BCUT2D eigenvalue weighted by Gasteiger charge is -2.13. The van der Waals surface area contributed by atoms with Gasteiger partial charge in [-0.05, 0) is 24.3 Å². The molecule has 0 atom stereocenters. The van der Waals surface area contributed by atoms with Gasteiger partial charge in [0.05, 0.1) is 22.2 Å². The number of nitrogens with zero attached hydrogens (tertiary/aromatic N) is 2. The summed E-state index contributed by atoms with van der Waals surface area (Å²) in [6.45, 7) is 0.290. The van der Waals surface area contributed by atoms with Crippen LogP contribution in [-0.4, -0.2) is 14.9 Å². The van der Waals surface area contributed by atoms with Crippen LogP contribution in [0.2, 0.25) is 0 Å². The summed E-state index contributed by atoms with van der Waals surface area (Å²) in [7, 11) is 0. The van der Waals surface area contributed by atoms with Crippen molar-refractivity contribution >= 4 is 22.3 Å². The Hall–Kier alpha value is -4.20. The van der Waals surface area contributed by atoms with Gasteiger partial charge in [0.15, 0.2) is 0 Å². The molecule has 0 radical (unpaired) electrons. The lowest BCUT2D eigenvalue weighted by atomic mass is 10.1. The van der Waals surface area contributed by atoms with E-state index in [4.69, 9.17) is 4.74 Å². The summed E-state index contributed by atoms with van der Waals surface area (Å²) in [4.78, 5) is 29.4. The number of nitro groups is 1. The van der Waals surface area contributed by atoms with Crippen molar-refractivity contribution in [2.75, 3.05) is 5.32 Å². The van der Waals surface area contributed by atoms with Crippen molar-refractivity contribution in [1.29, 1.82) is 0 Å². The minimum Gasteiger partial charge on any atom is -0.457 e. The summed E-state index contributed by atoms with van der Waals surface area (Å²) >= 11 is 0. The minimum atomic E-state index is -0.527. The van der Waals surface area contributed by atoms with E-state index in [0.29, 0.717) is 23.6 Å². The van der Waals surface area contributed by atoms with Crippen LogP contribution in [0.4, 0.5) is 11.4 Å². The third kappa shape index (κ3) is 3.91. The van der Waals surface area contributed by atoms with Crippen LogP contribution in [-0.2, 0) is 6.54 Å². The lowest BCUT2D eigenvalue weighted by molar-refractivity contribution is -0.383. The Kier molecular flexibility index (Phi) is 4.90. The first-order valence-corrected chi connectivity index (χ1v) is 8.82. The second-order valence-electron chi connectivity index (χ2n) is 6.25. The molecule has 0 spiro atoms. The molecular formula is C21H16N4O4. The number of benzene rings is 3. The number of hydrogen-bond acceptors (Lipinski definition) is 6. The Morgan fingerprint density at radius 2 is 1.83 bits per heavy atom. The molecule has 0 aliphatic heterocycles. The Bertz CT molecular complexity index is 1240. The molecule has 0 aliphatic rings. The molecule has 0 saturated heterocycles. The van der Waals surface area contributed by atoms with Crippen molar-refractivity contribution in [3.63, 3.8) is 0 Å². The predicted molar refractivity (Wildman–Crippen MR) is 109 cm³/mol. The van der Waals surface area contributed by atoms with E-state index in [-0.39, 0.29) is 16.8 Å². The SMILES string of the molecule is O=c1[nH]cnc2cc(NCc3ccccc3Oc3ccccc3)c([N+](=O)[O-])cc12. The number of ether oxygens (including phenoxy) is 1. The van der Waals surface area contributed by atoms with Gasteiger partial charge in [-0.2, -0.15) is 0 Å². The van der Waals surface area contributed by atoms with Crippen LogP contribution in [0.15, 0.2) is 77.9 Å². The van der Waals surface area contributed by atoms with Gasteiger partial charge in [0.25, 0.3) is 11.2 Å². The largest absolute Gasteiger partial charge is 0.457 e. The molecule has 1 heterocycles. The number of nitro benzene ring substituents is 1. The molecule has 144 valence electrons. The number of hydrogen-bond donors (Lipinski definition) is 2. The van der Waals surface area contributed by atoms with Crippen molar-refractivity contribution in [3.8, 4) is 11.5 Å². The molecule has 4 rings (SSSR count). The zero-order valence-electron chi connectivity index (χ0n) is 15.2. The fourth-order valence-electron chi connectivity index (χ4n) is 2.95. The van der Waals surface area contributed by atoms with Crippen LogP contribution in [0.25, 0.3) is 10.9 Å². The zero-order chi connectivity index (χ0) is 20.2. The van der Waals surface area contributed by atoms with Gasteiger partial charge in [-0.15, -0.1) is 0 Å². The third-order valence-electron chi connectivity index (χ3n) is 4.37. The normalized spacial score (nSPS) is 10.6. The van der Waals surface area contributed by atoms with Crippen molar-refractivity contribution in [1.82, 2.24) is 9.97 Å². The Morgan fingerprint density at radius 1 is 1.07 bits per heavy atom. The molecule has 4 aromatic rings. The number of para-hydroxylation sites is 2. The van der Waals surface area contributed by atoms with E-state index in [1.807, 2.05) is 54.6 Å². The predicted octanol–water partition coefficient (Wildman–Crippen LogP) is 4.24. The Morgan fingerprint density at radius 3 is 2.62 bits per heavy atom. The Labute approximate surface area is 165 Å². The van der Waals surface area contributed by atoms with Crippen LogP contribution in [0.1, 0.15) is 5.56 Å². The lowest BCUT2D eigenvalue weighted by Crippen LogP contribution is -2.09. The molecule has 29 heavy (non-hydrogen) atoms. The number of nitrogens with one attached hydrogen (secondary N) is 2. The third-order valence-corrected chi connectivity index (χ3v) is 4.37. The average Bonchev–Trinajstić information content (AvgIpc) is 2.73. The topological polar surface area (TPSA) is 110 Å². The molecule has 1 aromatic heterocycles. The molecule has 0 aliphatic carbocycles. The number of H-pyrrole nitrogens is 1. The van der Waals surface area contributed by atoms with Crippen molar-refractivity contribution in [3.05, 3.63) is 99.1 Å². The smallest absolute Gasteiger partial charge is 0.293 e. The van der Waals surface area contributed by atoms with Gasteiger partial charge < -0.3 is 15.0 Å². The monoisotopic (exact) mass is 388 g/mol. The van der Waals surface area contributed by atoms with Gasteiger partial charge in [-0.3, -0.25) is 14.9 Å². The Balaban J connectivity index is 1.64. The number of aromatic amines is 1. The van der Waals surface area contributed by atoms with E-state index in [9.17, 15) is 14.9 Å². The van der Waals surface area contributed by atoms with Gasteiger partial charge in [-0.25, -0.2) is 4.98 Å². The highest BCUT2D eigenvalue weighted by molar-refractivity contribution is 5.86. The maximum absolute atomic E-state index is 11.9. The molecule has 0 fully saturated rings. The number of fused-ring (bicyclic) bond motifs is 1. The molecule has 3 aromatic carbocycles. The van der Waals surface area contributed by atoms with E-state index < -0.39 is 10.5 Å². The van der Waals surface area contributed by atoms with Crippen LogP contribution in [0.3, 0.4) is 0 Å². The quantitative estimate of drug-likeness (QED) is 0.378. The molecule has 0 bridgehead atoms. The first-order valence-electron chi connectivity index (χ1n) is 8.82. The molecule has 8 nitrogen and oxygen atoms in total. The van der Waals surface area contributed by atoms with Crippen LogP contribution < -0.4 is 15.6 Å². The van der Waals surface area contributed by atoms with Crippen LogP contribution in [0.5, 0.6) is 11.5 Å². The molecule has 0 unspecified atom stereocenters. The fourth-order valence-corrected chi connectivity index (χ4v) is 2.95. The average molecular weight is 388 g/mol. The highest BCUT2D eigenvalue weighted by Crippen LogP contribution is 2.30. The molecular weight excluding hydrogens is 372 g/mol. The highest BCUT2D eigenvalue weighted by atomic mass is 16.6. The first kappa shape index (κ1) is 18.2. The summed E-state index contributed by atoms with van der Waals surface area (Å²) < 4.78 is 5.93. The van der Waals surface area contributed by atoms with Crippen molar-refractivity contribution in [2.45, 2.75) is 6.54 Å². The van der Waals surface area contributed by atoms with Gasteiger partial charge >= 0.3 is 0 Å². The maximum Gasteiger partial charge on any atom is 0.293 e. The van der Waals surface area contributed by atoms with E-state index in [0.717, 1.165) is 5.56 Å². The van der Waals surface area contributed by atoms with Crippen molar-refractivity contribution in [2.24, 2.45) is 0 Å². The molecule has 2 N–H and O–H groups in total. The summed E-state index contributed by atoms with van der Waals surface area (Å²) in [5, 5.41) is 14.7. The van der Waals surface area contributed by atoms with Crippen LogP contribution >= 0.6 is 0 Å². The summed E-state index contributed by atoms with van der Waals surface area (Å²) in [5.41, 5.74) is 0.846. The highest BCUT2D eigenvalue weighted by Gasteiger charge is 2.17.